The molecule has 0 bridgehead atoms. The average Bonchev–Trinajstić information content (AvgIpc) is 2.62. The second-order valence-corrected chi connectivity index (χ2v) is 6.07. The van der Waals surface area contributed by atoms with E-state index in [0.29, 0.717) is 10.9 Å². The number of hydrogen-bond donors (Lipinski definition) is 1. The van der Waals surface area contributed by atoms with Gasteiger partial charge in [-0.1, -0.05) is 24.3 Å². The van der Waals surface area contributed by atoms with E-state index in [1.165, 1.54) is 13.2 Å². The van der Waals surface area contributed by atoms with Gasteiger partial charge >= 0.3 is 0 Å². The Balaban J connectivity index is 2.22. The monoisotopic (exact) mass is 364 g/mol. The number of nitrogens with one attached hydrogen (secondary N) is 1. The summed E-state index contributed by atoms with van der Waals surface area (Å²) in [4.78, 5) is 38.5. The van der Waals surface area contributed by atoms with Crippen LogP contribution >= 0.6 is 0 Å². The molecule has 7 heteroatoms. The average molecular weight is 364 g/mol. The molecular formula is C20H20N4O3. The fourth-order valence-electron chi connectivity index (χ4n) is 3.02. The first-order chi connectivity index (χ1) is 13.0. The van der Waals surface area contributed by atoms with Crippen LogP contribution in [0.15, 0.2) is 47.4 Å². The van der Waals surface area contributed by atoms with Crippen LogP contribution in [0.5, 0.6) is 0 Å². The number of allylic oxidation sites excluding steroid dienone is 1. The predicted octanol–water partition coefficient (Wildman–Crippen LogP) is 2.65. The Kier molecular flexibility index (Phi) is 5.03. The molecule has 1 aromatic carbocycles. The Bertz CT molecular complexity index is 1100. The molecule has 0 spiro atoms. The van der Waals surface area contributed by atoms with E-state index < -0.39 is 0 Å². The lowest BCUT2D eigenvalue weighted by molar-refractivity contribution is -0.112. The van der Waals surface area contributed by atoms with Crippen molar-refractivity contribution in [2.24, 2.45) is 0 Å². The van der Waals surface area contributed by atoms with Gasteiger partial charge in [-0.25, -0.2) is 4.98 Å². The molecule has 0 unspecified atom stereocenters. The minimum absolute atomic E-state index is 0.0932. The zero-order chi connectivity index (χ0) is 19.6. The minimum Gasteiger partial charge on any atom is -0.412 e. The van der Waals surface area contributed by atoms with E-state index in [0.717, 1.165) is 21.4 Å². The first kappa shape index (κ1) is 18.3. The maximum atomic E-state index is 13.0. The molecule has 0 aliphatic carbocycles. The van der Waals surface area contributed by atoms with E-state index in [1.54, 1.807) is 25.3 Å². The van der Waals surface area contributed by atoms with Crippen LogP contribution in [0, 0.1) is 13.8 Å². The van der Waals surface area contributed by atoms with Crippen molar-refractivity contribution in [2.75, 3.05) is 12.4 Å². The number of nitrogens with zero attached hydrogens (tertiary/aromatic N) is 3. The summed E-state index contributed by atoms with van der Waals surface area (Å²) in [5.41, 5.74) is 3.31. The van der Waals surface area contributed by atoms with Gasteiger partial charge in [-0.3, -0.25) is 14.9 Å². The van der Waals surface area contributed by atoms with Crippen molar-refractivity contribution in [2.45, 2.75) is 20.8 Å². The van der Waals surface area contributed by atoms with Crippen molar-refractivity contribution in [3.05, 3.63) is 64.1 Å². The summed E-state index contributed by atoms with van der Waals surface area (Å²) in [6.07, 6.45) is 4.53. The second-order valence-electron chi connectivity index (χ2n) is 6.07. The van der Waals surface area contributed by atoms with E-state index >= 15 is 0 Å². The van der Waals surface area contributed by atoms with Gasteiger partial charge in [0.1, 0.15) is 7.11 Å². The number of carbonyl (C=O) groups excluding carboxylic acids is 1. The van der Waals surface area contributed by atoms with Gasteiger partial charge < -0.3 is 4.84 Å². The number of aromatic nitrogens is 3. The van der Waals surface area contributed by atoms with Crippen molar-refractivity contribution >= 4 is 22.9 Å². The number of rotatable bonds is 4. The molecule has 0 saturated carbocycles. The summed E-state index contributed by atoms with van der Waals surface area (Å²) in [5.74, 6) is -0.258. The fraction of sp³-hybridized carbons (Fsp3) is 0.200. The van der Waals surface area contributed by atoms with E-state index in [4.69, 9.17) is 4.84 Å². The first-order valence-electron chi connectivity index (χ1n) is 8.43. The number of carbonyl (C=O) groups is 1. The third-order valence-corrected chi connectivity index (χ3v) is 4.19. The van der Waals surface area contributed by atoms with Crippen molar-refractivity contribution in [3.8, 4) is 11.1 Å². The second kappa shape index (κ2) is 7.41. The molecular weight excluding hydrogens is 344 g/mol. The molecule has 27 heavy (non-hydrogen) atoms. The Morgan fingerprint density at radius 1 is 1.26 bits per heavy atom. The molecule has 2 aromatic heterocycles. The lowest BCUT2D eigenvalue weighted by Gasteiger charge is -2.14. The quantitative estimate of drug-likeness (QED) is 0.719. The lowest BCUT2D eigenvalue weighted by Crippen LogP contribution is -2.28. The Hall–Kier alpha value is -3.48. The fourth-order valence-corrected chi connectivity index (χ4v) is 3.02. The van der Waals surface area contributed by atoms with Crippen LogP contribution in [0.25, 0.3) is 22.2 Å². The summed E-state index contributed by atoms with van der Waals surface area (Å²) >= 11 is 0. The van der Waals surface area contributed by atoms with Gasteiger partial charge in [-0.2, -0.15) is 4.98 Å². The molecule has 7 nitrogen and oxygen atoms in total. The van der Waals surface area contributed by atoms with Crippen LogP contribution in [0.2, 0.25) is 0 Å². The third kappa shape index (κ3) is 3.44. The summed E-state index contributed by atoms with van der Waals surface area (Å²) < 4.78 is 1.11. The summed E-state index contributed by atoms with van der Waals surface area (Å²) in [6.45, 7) is 5.65. The number of hydrogen-bond acceptors (Lipinski definition) is 5. The van der Waals surface area contributed by atoms with Gasteiger partial charge in [0.25, 0.3) is 5.56 Å². The van der Waals surface area contributed by atoms with Gasteiger partial charge in [0.2, 0.25) is 11.9 Å². The van der Waals surface area contributed by atoms with Gasteiger partial charge in [-0.05, 0) is 49.6 Å². The number of amides is 1. The lowest BCUT2D eigenvalue weighted by atomic mass is 9.96. The van der Waals surface area contributed by atoms with Crippen LogP contribution in [0.4, 0.5) is 5.95 Å². The van der Waals surface area contributed by atoms with Crippen molar-refractivity contribution in [1.29, 1.82) is 0 Å². The van der Waals surface area contributed by atoms with Crippen LogP contribution in [-0.2, 0) is 4.79 Å². The largest absolute Gasteiger partial charge is 0.412 e. The van der Waals surface area contributed by atoms with Crippen molar-refractivity contribution < 1.29 is 9.63 Å². The molecule has 3 aromatic rings. The van der Waals surface area contributed by atoms with Gasteiger partial charge in [-0.15, -0.1) is 4.73 Å². The molecule has 0 atom stereocenters. The first-order valence-corrected chi connectivity index (χ1v) is 8.43. The maximum Gasteiger partial charge on any atom is 0.292 e. The standard InChI is InChI=1S/C20H20N4O3/c1-5-7-16(25)22-20-21-11-14-10-15(17-12(2)8-6-9-13(17)3)19(26)24(27-4)18(14)23-20/h5-11H,1-4H3,(H,21,22,23,25)/b7-5+. The number of benzene rings is 1. The number of anilines is 1. The van der Waals surface area contributed by atoms with Crippen LogP contribution in [-0.4, -0.2) is 27.7 Å². The topological polar surface area (TPSA) is 86.1 Å². The number of aryl methyl sites for hydroxylation is 2. The zero-order valence-electron chi connectivity index (χ0n) is 15.6. The van der Waals surface area contributed by atoms with Gasteiger partial charge in [0.15, 0.2) is 5.65 Å². The maximum absolute atomic E-state index is 13.0. The van der Waals surface area contributed by atoms with Crippen LogP contribution in [0.3, 0.4) is 0 Å². The normalized spacial score (nSPS) is 11.1. The Morgan fingerprint density at radius 3 is 2.59 bits per heavy atom. The summed E-state index contributed by atoms with van der Waals surface area (Å²) in [6, 6.07) is 7.62. The molecule has 1 amide bonds. The smallest absolute Gasteiger partial charge is 0.292 e. The predicted molar refractivity (Wildman–Crippen MR) is 105 cm³/mol. The molecule has 0 fully saturated rings. The van der Waals surface area contributed by atoms with E-state index in [2.05, 4.69) is 15.3 Å². The molecule has 3 rings (SSSR count). The Labute approximate surface area is 156 Å². The number of fused-ring (bicyclic) bond motifs is 1. The highest BCUT2D eigenvalue weighted by Gasteiger charge is 2.16. The van der Waals surface area contributed by atoms with Crippen molar-refractivity contribution in [3.63, 3.8) is 0 Å². The molecule has 0 radical (unpaired) electrons. The highest BCUT2D eigenvalue weighted by Crippen LogP contribution is 2.26. The highest BCUT2D eigenvalue weighted by atomic mass is 16.6. The third-order valence-electron chi connectivity index (χ3n) is 4.19. The van der Waals surface area contributed by atoms with E-state index in [-0.39, 0.29) is 23.1 Å². The minimum atomic E-state index is -0.352. The van der Waals surface area contributed by atoms with E-state index in [9.17, 15) is 9.59 Å². The zero-order valence-corrected chi connectivity index (χ0v) is 15.6. The summed E-state index contributed by atoms with van der Waals surface area (Å²) in [5, 5.41) is 3.17. The van der Waals surface area contributed by atoms with Crippen molar-refractivity contribution in [1.82, 2.24) is 14.7 Å². The van der Waals surface area contributed by atoms with Crippen LogP contribution in [0.1, 0.15) is 18.1 Å². The molecule has 138 valence electrons. The van der Waals surface area contributed by atoms with Gasteiger partial charge in [0, 0.05) is 11.6 Å². The molecule has 0 aliphatic rings. The summed E-state index contributed by atoms with van der Waals surface area (Å²) in [7, 11) is 1.40. The molecule has 0 aliphatic heterocycles. The SMILES string of the molecule is C/C=C/C(=O)Nc1ncc2cc(-c3c(C)cccc3C)c(=O)n(OC)c2n1. The highest BCUT2D eigenvalue weighted by molar-refractivity contribution is 5.98. The molecule has 0 saturated heterocycles. The molecule has 1 N–H and O–H groups in total. The van der Waals surface area contributed by atoms with Crippen LogP contribution < -0.4 is 15.7 Å². The molecule has 2 heterocycles. The van der Waals surface area contributed by atoms with Gasteiger partial charge in [0.05, 0.1) is 5.56 Å². The number of pyridine rings is 1. The Morgan fingerprint density at radius 2 is 1.96 bits per heavy atom. The van der Waals surface area contributed by atoms with E-state index in [1.807, 2.05) is 32.0 Å².